The van der Waals surface area contributed by atoms with Gasteiger partial charge in [-0.25, -0.2) is 4.79 Å². The first-order valence-corrected chi connectivity index (χ1v) is 6.13. The molecular weight excluding hydrogens is 274 g/mol. The molecule has 106 valence electrons. The van der Waals surface area contributed by atoms with Gasteiger partial charge in [-0.1, -0.05) is 0 Å². The molecule has 21 heavy (non-hydrogen) atoms. The Kier molecular flexibility index (Phi) is 3.19. The molecule has 1 heterocycles. The van der Waals surface area contributed by atoms with Crippen molar-refractivity contribution in [2.75, 3.05) is 6.79 Å². The maximum atomic E-state index is 10.9. The minimum absolute atomic E-state index is 0.185. The van der Waals surface area contributed by atoms with Crippen LogP contribution >= 0.6 is 0 Å². The Morgan fingerprint density at radius 2 is 1.95 bits per heavy atom. The first-order valence-electron chi connectivity index (χ1n) is 6.13. The zero-order valence-corrected chi connectivity index (χ0v) is 10.8. The van der Waals surface area contributed by atoms with Gasteiger partial charge in [0.05, 0.1) is 5.69 Å². The summed E-state index contributed by atoms with van der Waals surface area (Å²) in [5, 5.41) is 18.4. The quantitative estimate of drug-likeness (QED) is 0.846. The number of carbonyl (C=O) groups is 1. The molecule has 3 rings (SSSR count). The fraction of sp³-hybridized carbons (Fsp3) is 0.0667. The number of carboxylic acids is 1. The van der Waals surface area contributed by atoms with Crippen LogP contribution in [0.1, 0.15) is 15.9 Å². The molecule has 2 N–H and O–H groups in total. The van der Waals surface area contributed by atoms with Crippen LogP contribution in [0.25, 0.3) is 0 Å². The average molecular weight is 285 g/mol. The number of fused-ring (bicyclic) bond motifs is 1. The van der Waals surface area contributed by atoms with Crippen molar-refractivity contribution in [3.05, 3.63) is 47.5 Å². The highest BCUT2D eigenvalue weighted by Crippen LogP contribution is 2.32. The highest BCUT2D eigenvalue weighted by molar-refractivity contribution is 5.92. The second-order valence-corrected chi connectivity index (χ2v) is 4.38. The summed E-state index contributed by atoms with van der Waals surface area (Å²) in [6.45, 7) is 0.204. The summed E-state index contributed by atoms with van der Waals surface area (Å²) >= 11 is 0. The number of aromatic carboxylic acids is 1. The monoisotopic (exact) mass is 285 g/mol. The van der Waals surface area contributed by atoms with E-state index in [9.17, 15) is 9.90 Å². The number of rotatable bonds is 3. The van der Waals surface area contributed by atoms with Crippen molar-refractivity contribution in [1.82, 2.24) is 0 Å². The molecule has 0 radical (unpaired) electrons. The van der Waals surface area contributed by atoms with Gasteiger partial charge in [-0.3, -0.25) is 4.99 Å². The molecule has 0 bridgehead atoms. The Balaban J connectivity index is 1.86. The zero-order valence-electron chi connectivity index (χ0n) is 10.8. The molecule has 0 saturated carbocycles. The Morgan fingerprint density at radius 3 is 2.76 bits per heavy atom. The normalized spacial score (nSPS) is 12.8. The van der Waals surface area contributed by atoms with E-state index in [1.807, 2.05) is 6.07 Å². The number of nitrogens with zero attached hydrogens (tertiary/aromatic N) is 1. The van der Waals surface area contributed by atoms with E-state index in [0.717, 1.165) is 5.56 Å². The molecule has 0 spiro atoms. The van der Waals surface area contributed by atoms with Gasteiger partial charge in [0, 0.05) is 6.21 Å². The number of phenols is 1. The second-order valence-electron chi connectivity index (χ2n) is 4.38. The number of aliphatic imine (C=N–C) groups is 1. The minimum atomic E-state index is -1.20. The van der Waals surface area contributed by atoms with E-state index in [4.69, 9.17) is 14.6 Å². The van der Waals surface area contributed by atoms with E-state index in [1.54, 1.807) is 18.3 Å². The molecule has 0 saturated heterocycles. The van der Waals surface area contributed by atoms with Gasteiger partial charge in [-0.05, 0) is 42.0 Å². The molecule has 0 aromatic heterocycles. The molecule has 1 aliphatic heterocycles. The highest BCUT2D eigenvalue weighted by atomic mass is 16.7. The highest BCUT2D eigenvalue weighted by Gasteiger charge is 2.12. The summed E-state index contributed by atoms with van der Waals surface area (Å²) in [7, 11) is 0. The first-order chi connectivity index (χ1) is 10.1. The summed E-state index contributed by atoms with van der Waals surface area (Å²) < 4.78 is 10.5. The Labute approximate surface area is 119 Å². The van der Waals surface area contributed by atoms with Crippen molar-refractivity contribution in [1.29, 1.82) is 0 Å². The summed E-state index contributed by atoms with van der Waals surface area (Å²) in [5.41, 5.74) is 1.04. The van der Waals surface area contributed by atoms with Crippen LogP contribution in [0.2, 0.25) is 0 Å². The van der Waals surface area contributed by atoms with Crippen LogP contribution in [0.4, 0.5) is 5.69 Å². The van der Waals surface area contributed by atoms with E-state index in [-0.39, 0.29) is 18.1 Å². The van der Waals surface area contributed by atoms with Gasteiger partial charge < -0.3 is 19.7 Å². The van der Waals surface area contributed by atoms with Gasteiger partial charge in [0.25, 0.3) is 0 Å². The molecule has 0 fully saturated rings. The molecule has 2 aromatic carbocycles. The lowest BCUT2D eigenvalue weighted by atomic mass is 10.2. The molecule has 2 aromatic rings. The molecule has 0 aliphatic carbocycles. The predicted octanol–water partition coefficient (Wildman–Crippen LogP) is 2.57. The third-order valence-electron chi connectivity index (χ3n) is 2.97. The van der Waals surface area contributed by atoms with Crippen molar-refractivity contribution in [2.45, 2.75) is 0 Å². The summed E-state index contributed by atoms with van der Waals surface area (Å²) in [4.78, 5) is 15.1. The van der Waals surface area contributed by atoms with Gasteiger partial charge in [-0.2, -0.15) is 0 Å². The minimum Gasteiger partial charge on any atom is -0.507 e. The van der Waals surface area contributed by atoms with Crippen LogP contribution in [-0.4, -0.2) is 29.2 Å². The van der Waals surface area contributed by atoms with Crippen LogP contribution in [-0.2, 0) is 0 Å². The van der Waals surface area contributed by atoms with Gasteiger partial charge in [0.1, 0.15) is 11.3 Å². The van der Waals surface area contributed by atoms with E-state index in [1.165, 1.54) is 18.2 Å². The molecular formula is C15H11NO5. The topological polar surface area (TPSA) is 88.4 Å². The van der Waals surface area contributed by atoms with Crippen molar-refractivity contribution >= 4 is 17.9 Å². The zero-order chi connectivity index (χ0) is 14.8. The van der Waals surface area contributed by atoms with Crippen LogP contribution < -0.4 is 9.47 Å². The lowest BCUT2D eigenvalue weighted by Gasteiger charge is -2.01. The predicted molar refractivity (Wildman–Crippen MR) is 74.9 cm³/mol. The van der Waals surface area contributed by atoms with Crippen LogP contribution in [0.15, 0.2) is 41.4 Å². The maximum Gasteiger partial charge on any atom is 0.339 e. The largest absolute Gasteiger partial charge is 0.507 e. The Morgan fingerprint density at radius 1 is 1.14 bits per heavy atom. The summed E-state index contributed by atoms with van der Waals surface area (Å²) in [6.07, 6.45) is 1.58. The maximum absolute atomic E-state index is 10.9. The van der Waals surface area contributed by atoms with Crippen molar-refractivity contribution in [2.24, 2.45) is 4.99 Å². The third-order valence-corrected chi connectivity index (χ3v) is 2.97. The van der Waals surface area contributed by atoms with E-state index in [0.29, 0.717) is 17.2 Å². The number of hydrogen-bond acceptors (Lipinski definition) is 5. The number of aromatic hydroxyl groups is 1. The standard InChI is InChI=1S/C15H11NO5/c17-12-3-2-10(6-11(12)15(18)19)16-7-9-1-4-13-14(5-9)21-8-20-13/h1-7,17H,8H2,(H,18,19). The number of hydrogen-bond donors (Lipinski definition) is 2. The fourth-order valence-electron chi connectivity index (χ4n) is 1.92. The molecule has 6 heteroatoms. The third kappa shape index (κ3) is 2.64. The van der Waals surface area contributed by atoms with E-state index in [2.05, 4.69) is 4.99 Å². The Hall–Kier alpha value is -3.02. The van der Waals surface area contributed by atoms with Crippen LogP contribution in [0.3, 0.4) is 0 Å². The summed E-state index contributed by atoms with van der Waals surface area (Å²) in [5.74, 6) is -0.155. The lowest BCUT2D eigenvalue weighted by Crippen LogP contribution is -1.95. The molecule has 0 unspecified atom stereocenters. The van der Waals surface area contributed by atoms with E-state index >= 15 is 0 Å². The lowest BCUT2D eigenvalue weighted by molar-refractivity contribution is 0.0693. The number of ether oxygens (including phenoxy) is 2. The second kappa shape index (κ2) is 5.16. The van der Waals surface area contributed by atoms with Gasteiger partial charge in [0.2, 0.25) is 6.79 Å². The molecule has 1 aliphatic rings. The Bertz CT molecular complexity index is 739. The summed E-state index contributed by atoms with van der Waals surface area (Å²) in [6, 6.07) is 9.52. The van der Waals surface area contributed by atoms with E-state index < -0.39 is 5.97 Å². The molecule has 0 atom stereocenters. The fourth-order valence-corrected chi connectivity index (χ4v) is 1.92. The van der Waals surface area contributed by atoms with Crippen molar-refractivity contribution in [3.8, 4) is 17.2 Å². The smallest absolute Gasteiger partial charge is 0.339 e. The van der Waals surface area contributed by atoms with Crippen LogP contribution in [0.5, 0.6) is 17.2 Å². The molecule has 0 amide bonds. The van der Waals surface area contributed by atoms with Crippen LogP contribution in [0, 0.1) is 0 Å². The van der Waals surface area contributed by atoms with Gasteiger partial charge >= 0.3 is 5.97 Å². The SMILES string of the molecule is O=C(O)c1cc(N=Cc2ccc3c(c2)OCO3)ccc1O. The van der Waals surface area contributed by atoms with Crippen molar-refractivity contribution < 1.29 is 24.5 Å². The van der Waals surface area contributed by atoms with Crippen molar-refractivity contribution in [3.63, 3.8) is 0 Å². The molecule has 6 nitrogen and oxygen atoms in total. The number of carboxylic acid groups (broad SMARTS) is 1. The van der Waals surface area contributed by atoms with Gasteiger partial charge in [0.15, 0.2) is 11.5 Å². The average Bonchev–Trinajstić information content (AvgIpc) is 2.93. The van der Waals surface area contributed by atoms with Gasteiger partial charge in [-0.15, -0.1) is 0 Å². The number of benzene rings is 2. The first kappa shape index (κ1) is 13.0.